The molecule has 0 aliphatic carbocycles. The molecule has 0 bridgehead atoms. The van der Waals surface area contributed by atoms with Gasteiger partial charge in [0.15, 0.2) is 0 Å². The normalized spacial score (nSPS) is 12.2. The van der Waals surface area contributed by atoms with Crippen LogP contribution in [0.15, 0.2) is 79.1 Å². The summed E-state index contributed by atoms with van der Waals surface area (Å²) in [6, 6.07) is 25.0. The van der Waals surface area contributed by atoms with Gasteiger partial charge in [-0.05, 0) is 59.2 Å². The Bertz CT molecular complexity index is 1320. The second-order valence-electron chi connectivity index (χ2n) is 7.33. The van der Waals surface area contributed by atoms with E-state index in [4.69, 9.17) is 4.74 Å². The highest BCUT2D eigenvalue weighted by Crippen LogP contribution is 2.31. The van der Waals surface area contributed by atoms with Gasteiger partial charge in [0.05, 0.1) is 18.5 Å². The SMILES string of the molecule is COc1ccc(-c2cc3c(NC(C)c4cccc5ccccc45)ncnc3[nH]2)cc1. The first-order chi connectivity index (χ1) is 14.7. The topological polar surface area (TPSA) is 62.8 Å². The number of anilines is 1. The van der Waals surface area contributed by atoms with Crippen molar-refractivity contribution in [1.82, 2.24) is 15.0 Å². The van der Waals surface area contributed by atoms with Crippen molar-refractivity contribution in [3.8, 4) is 17.0 Å². The molecule has 3 aromatic carbocycles. The van der Waals surface area contributed by atoms with Gasteiger partial charge in [0.25, 0.3) is 0 Å². The summed E-state index contributed by atoms with van der Waals surface area (Å²) in [5.41, 5.74) is 4.12. The van der Waals surface area contributed by atoms with Gasteiger partial charge in [-0.1, -0.05) is 42.5 Å². The monoisotopic (exact) mass is 394 g/mol. The highest BCUT2D eigenvalue weighted by molar-refractivity contribution is 5.92. The molecule has 0 saturated carbocycles. The van der Waals surface area contributed by atoms with Crippen LogP contribution in [0.2, 0.25) is 0 Å². The number of nitrogens with zero attached hydrogens (tertiary/aromatic N) is 2. The van der Waals surface area contributed by atoms with E-state index in [0.717, 1.165) is 33.9 Å². The minimum atomic E-state index is 0.0912. The summed E-state index contributed by atoms with van der Waals surface area (Å²) in [5.74, 6) is 1.65. The minimum Gasteiger partial charge on any atom is -0.497 e. The standard InChI is InChI=1S/C25H22N4O/c1-16(20-9-5-7-17-6-3-4-8-21(17)20)28-24-22-14-23(29-25(22)27-15-26-24)18-10-12-19(30-2)13-11-18/h3-16H,1-2H3,(H2,26,27,28,29). The van der Waals surface area contributed by atoms with Gasteiger partial charge in [0.1, 0.15) is 23.5 Å². The fraction of sp³-hybridized carbons (Fsp3) is 0.120. The van der Waals surface area contributed by atoms with Crippen molar-refractivity contribution >= 4 is 27.6 Å². The minimum absolute atomic E-state index is 0.0912. The van der Waals surface area contributed by atoms with Gasteiger partial charge < -0.3 is 15.0 Å². The van der Waals surface area contributed by atoms with Crippen LogP contribution in [0, 0.1) is 0 Å². The van der Waals surface area contributed by atoms with Crippen molar-refractivity contribution in [3.63, 3.8) is 0 Å². The van der Waals surface area contributed by atoms with Gasteiger partial charge in [0, 0.05) is 5.69 Å². The number of hydrogen-bond acceptors (Lipinski definition) is 4. The van der Waals surface area contributed by atoms with Crippen LogP contribution in [0.1, 0.15) is 18.5 Å². The first kappa shape index (κ1) is 18.2. The number of ether oxygens (including phenoxy) is 1. The number of nitrogens with one attached hydrogen (secondary N) is 2. The predicted octanol–water partition coefficient (Wildman–Crippen LogP) is 5.96. The van der Waals surface area contributed by atoms with E-state index in [0.29, 0.717) is 0 Å². The van der Waals surface area contributed by atoms with Gasteiger partial charge >= 0.3 is 0 Å². The maximum Gasteiger partial charge on any atom is 0.143 e. The van der Waals surface area contributed by atoms with Crippen LogP contribution in [-0.2, 0) is 0 Å². The molecular weight excluding hydrogens is 372 g/mol. The van der Waals surface area contributed by atoms with Gasteiger partial charge in [-0.15, -0.1) is 0 Å². The lowest BCUT2D eigenvalue weighted by Crippen LogP contribution is -2.08. The Balaban J connectivity index is 1.50. The number of H-pyrrole nitrogens is 1. The molecule has 5 heteroatoms. The van der Waals surface area contributed by atoms with Gasteiger partial charge in [-0.3, -0.25) is 0 Å². The molecule has 0 aliphatic heterocycles. The summed E-state index contributed by atoms with van der Waals surface area (Å²) in [4.78, 5) is 12.3. The van der Waals surface area contributed by atoms with E-state index in [9.17, 15) is 0 Å². The Kier molecular flexibility index (Phi) is 4.56. The number of fused-ring (bicyclic) bond motifs is 2. The molecule has 30 heavy (non-hydrogen) atoms. The Hall–Kier alpha value is -3.86. The zero-order valence-electron chi connectivity index (χ0n) is 16.9. The fourth-order valence-corrected chi connectivity index (χ4v) is 3.89. The average molecular weight is 394 g/mol. The lowest BCUT2D eigenvalue weighted by molar-refractivity contribution is 0.415. The third-order valence-electron chi connectivity index (χ3n) is 5.47. The second kappa shape index (κ2) is 7.52. The first-order valence-electron chi connectivity index (χ1n) is 9.95. The summed E-state index contributed by atoms with van der Waals surface area (Å²) in [5, 5.41) is 7.04. The largest absolute Gasteiger partial charge is 0.497 e. The molecule has 5 nitrogen and oxygen atoms in total. The van der Waals surface area contributed by atoms with Gasteiger partial charge in [-0.25, -0.2) is 9.97 Å². The van der Waals surface area contributed by atoms with E-state index < -0.39 is 0 Å². The van der Waals surface area contributed by atoms with Crippen molar-refractivity contribution in [2.45, 2.75) is 13.0 Å². The van der Waals surface area contributed by atoms with Crippen molar-refractivity contribution in [2.75, 3.05) is 12.4 Å². The first-order valence-corrected chi connectivity index (χ1v) is 9.95. The molecule has 5 aromatic rings. The molecule has 1 atom stereocenters. The lowest BCUT2D eigenvalue weighted by atomic mass is 9.99. The van der Waals surface area contributed by atoms with Crippen molar-refractivity contribution in [3.05, 3.63) is 84.7 Å². The third-order valence-corrected chi connectivity index (χ3v) is 5.47. The number of aromatic amines is 1. The molecule has 148 valence electrons. The highest BCUT2D eigenvalue weighted by Gasteiger charge is 2.14. The Labute approximate surface area is 174 Å². The summed E-state index contributed by atoms with van der Waals surface area (Å²) >= 11 is 0. The van der Waals surface area contributed by atoms with Crippen LogP contribution in [-0.4, -0.2) is 22.1 Å². The van der Waals surface area contributed by atoms with E-state index in [1.807, 2.05) is 24.3 Å². The number of hydrogen-bond donors (Lipinski definition) is 2. The van der Waals surface area contributed by atoms with E-state index >= 15 is 0 Å². The molecular formula is C25H22N4O. The van der Waals surface area contributed by atoms with Crippen LogP contribution in [0.3, 0.4) is 0 Å². The van der Waals surface area contributed by atoms with E-state index in [-0.39, 0.29) is 6.04 Å². The molecule has 0 amide bonds. The quantitative estimate of drug-likeness (QED) is 0.386. The van der Waals surface area contributed by atoms with Gasteiger partial charge in [0.2, 0.25) is 0 Å². The number of methoxy groups -OCH3 is 1. The van der Waals surface area contributed by atoms with Crippen LogP contribution >= 0.6 is 0 Å². The molecule has 0 spiro atoms. The fourth-order valence-electron chi connectivity index (χ4n) is 3.89. The summed E-state index contributed by atoms with van der Waals surface area (Å²) in [6.07, 6.45) is 1.59. The maximum atomic E-state index is 5.26. The van der Waals surface area contributed by atoms with Crippen molar-refractivity contribution < 1.29 is 4.74 Å². The lowest BCUT2D eigenvalue weighted by Gasteiger charge is -2.17. The average Bonchev–Trinajstić information content (AvgIpc) is 3.24. The molecule has 0 saturated heterocycles. The van der Waals surface area contributed by atoms with Crippen LogP contribution in [0.25, 0.3) is 33.1 Å². The number of aromatic nitrogens is 3. The maximum absolute atomic E-state index is 5.26. The predicted molar refractivity (Wildman–Crippen MR) is 122 cm³/mol. The van der Waals surface area contributed by atoms with Gasteiger partial charge in [-0.2, -0.15) is 0 Å². The van der Waals surface area contributed by atoms with E-state index in [2.05, 4.69) is 75.7 Å². The molecule has 2 heterocycles. The summed E-state index contributed by atoms with van der Waals surface area (Å²) < 4.78 is 5.26. The van der Waals surface area contributed by atoms with E-state index in [1.54, 1.807) is 13.4 Å². The summed E-state index contributed by atoms with van der Waals surface area (Å²) in [6.45, 7) is 2.16. The molecule has 1 unspecified atom stereocenters. The van der Waals surface area contributed by atoms with E-state index in [1.165, 1.54) is 16.3 Å². The van der Waals surface area contributed by atoms with Crippen molar-refractivity contribution in [2.24, 2.45) is 0 Å². The molecule has 5 rings (SSSR count). The Morgan fingerprint density at radius 1 is 0.900 bits per heavy atom. The van der Waals surface area contributed by atoms with Crippen LogP contribution in [0.4, 0.5) is 5.82 Å². The summed E-state index contributed by atoms with van der Waals surface area (Å²) in [7, 11) is 1.67. The Morgan fingerprint density at radius 2 is 1.70 bits per heavy atom. The third kappa shape index (κ3) is 3.24. The van der Waals surface area contributed by atoms with Crippen molar-refractivity contribution in [1.29, 1.82) is 0 Å². The molecule has 2 aromatic heterocycles. The molecule has 0 aliphatic rings. The molecule has 0 radical (unpaired) electrons. The molecule has 2 N–H and O–H groups in total. The van der Waals surface area contributed by atoms with Crippen LogP contribution in [0.5, 0.6) is 5.75 Å². The zero-order chi connectivity index (χ0) is 20.5. The molecule has 0 fully saturated rings. The van der Waals surface area contributed by atoms with Crippen LogP contribution < -0.4 is 10.1 Å². The number of rotatable bonds is 5. The highest BCUT2D eigenvalue weighted by atomic mass is 16.5. The zero-order valence-corrected chi connectivity index (χ0v) is 16.9. The Morgan fingerprint density at radius 3 is 2.53 bits per heavy atom. The second-order valence-corrected chi connectivity index (χ2v) is 7.33. The number of benzene rings is 3. The smallest absolute Gasteiger partial charge is 0.143 e.